The van der Waals surface area contributed by atoms with E-state index < -0.39 is 0 Å². The molecule has 2 atom stereocenters. The van der Waals surface area contributed by atoms with E-state index in [9.17, 15) is 5.11 Å². The maximum atomic E-state index is 9.18. The van der Waals surface area contributed by atoms with Crippen molar-refractivity contribution >= 4 is 0 Å². The van der Waals surface area contributed by atoms with Crippen molar-refractivity contribution in [2.24, 2.45) is 5.41 Å². The van der Waals surface area contributed by atoms with Crippen molar-refractivity contribution in [3.05, 3.63) is 11.1 Å². The Bertz CT molecular complexity index is 235. The molecule has 1 N–H and O–H groups in total. The fourth-order valence-electron chi connectivity index (χ4n) is 1.91. The number of hydrogen-bond acceptors (Lipinski definition) is 2. The van der Waals surface area contributed by atoms with Crippen LogP contribution >= 0.6 is 0 Å². The van der Waals surface area contributed by atoms with Crippen LogP contribution in [-0.2, 0) is 4.74 Å². The van der Waals surface area contributed by atoms with Gasteiger partial charge in [0, 0.05) is 0 Å². The maximum absolute atomic E-state index is 9.18. The van der Waals surface area contributed by atoms with Gasteiger partial charge in [-0.15, -0.1) is 0 Å². The smallest absolute Gasteiger partial charge is 0.0785 e. The third kappa shape index (κ3) is 2.37. The van der Waals surface area contributed by atoms with Crippen LogP contribution in [0.1, 0.15) is 41.0 Å². The van der Waals surface area contributed by atoms with Crippen LogP contribution in [0, 0.1) is 5.41 Å². The fraction of sp³-hybridized carbons (Fsp3) is 0.833. The molecular formula is C12H22O2. The predicted molar refractivity (Wildman–Crippen MR) is 58.2 cm³/mol. The van der Waals surface area contributed by atoms with E-state index in [2.05, 4.69) is 27.7 Å². The normalized spacial score (nSPS) is 29.6. The lowest BCUT2D eigenvalue weighted by molar-refractivity contribution is -0.0575. The average molecular weight is 198 g/mol. The SMILES string of the molecule is CC1=C(CO)C(C)O[C@@H](C(C)(C)C)C1. The molecule has 0 spiro atoms. The van der Waals surface area contributed by atoms with Gasteiger partial charge in [0.1, 0.15) is 0 Å². The second kappa shape index (κ2) is 4.03. The van der Waals surface area contributed by atoms with Gasteiger partial charge < -0.3 is 9.84 Å². The molecular weight excluding hydrogens is 176 g/mol. The maximum Gasteiger partial charge on any atom is 0.0785 e. The van der Waals surface area contributed by atoms with Crippen molar-refractivity contribution in [3.8, 4) is 0 Å². The van der Waals surface area contributed by atoms with Crippen molar-refractivity contribution in [2.45, 2.75) is 53.2 Å². The first-order chi connectivity index (χ1) is 6.36. The lowest BCUT2D eigenvalue weighted by Crippen LogP contribution is -2.37. The number of aliphatic hydroxyl groups is 1. The van der Waals surface area contributed by atoms with Crippen LogP contribution in [-0.4, -0.2) is 23.9 Å². The van der Waals surface area contributed by atoms with E-state index in [-0.39, 0.29) is 24.2 Å². The van der Waals surface area contributed by atoms with Gasteiger partial charge in [-0.05, 0) is 31.3 Å². The molecule has 0 saturated carbocycles. The Morgan fingerprint density at radius 2 is 2.00 bits per heavy atom. The van der Waals surface area contributed by atoms with E-state index in [1.807, 2.05) is 6.92 Å². The summed E-state index contributed by atoms with van der Waals surface area (Å²) in [6.45, 7) is 10.8. The molecule has 1 aliphatic heterocycles. The molecule has 14 heavy (non-hydrogen) atoms. The van der Waals surface area contributed by atoms with Crippen molar-refractivity contribution in [1.29, 1.82) is 0 Å². The van der Waals surface area contributed by atoms with E-state index in [1.54, 1.807) is 0 Å². The summed E-state index contributed by atoms with van der Waals surface area (Å²) in [6, 6.07) is 0. The van der Waals surface area contributed by atoms with Crippen molar-refractivity contribution < 1.29 is 9.84 Å². The topological polar surface area (TPSA) is 29.5 Å². The molecule has 0 aromatic carbocycles. The Kier molecular flexibility index (Phi) is 3.38. The summed E-state index contributed by atoms with van der Waals surface area (Å²) in [4.78, 5) is 0. The molecule has 2 heteroatoms. The largest absolute Gasteiger partial charge is 0.392 e. The van der Waals surface area contributed by atoms with E-state index in [0.29, 0.717) is 0 Å². The van der Waals surface area contributed by atoms with E-state index >= 15 is 0 Å². The van der Waals surface area contributed by atoms with Gasteiger partial charge in [-0.1, -0.05) is 26.3 Å². The van der Waals surface area contributed by atoms with Gasteiger partial charge in [0.2, 0.25) is 0 Å². The zero-order valence-electron chi connectivity index (χ0n) is 9.92. The Hall–Kier alpha value is -0.340. The molecule has 0 bridgehead atoms. The molecule has 0 saturated heterocycles. The average Bonchev–Trinajstić information content (AvgIpc) is 2.01. The molecule has 0 amide bonds. The fourth-order valence-corrected chi connectivity index (χ4v) is 1.91. The quantitative estimate of drug-likeness (QED) is 0.656. The number of rotatable bonds is 1. The van der Waals surface area contributed by atoms with Crippen LogP contribution in [0.3, 0.4) is 0 Å². The number of ether oxygens (including phenoxy) is 1. The first-order valence-corrected chi connectivity index (χ1v) is 5.31. The molecule has 1 rings (SSSR count). The highest BCUT2D eigenvalue weighted by Crippen LogP contribution is 2.34. The Balaban J connectivity index is 2.83. The van der Waals surface area contributed by atoms with Gasteiger partial charge in [-0.2, -0.15) is 0 Å². The number of hydrogen-bond donors (Lipinski definition) is 1. The Labute approximate surface area is 87.0 Å². The summed E-state index contributed by atoms with van der Waals surface area (Å²) in [5, 5.41) is 9.18. The third-order valence-corrected chi connectivity index (χ3v) is 3.04. The summed E-state index contributed by atoms with van der Waals surface area (Å²) < 4.78 is 5.91. The van der Waals surface area contributed by atoms with Crippen LogP contribution in [0.5, 0.6) is 0 Å². The molecule has 82 valence electrons. The van der Waals surface area contributed by atoms with E-state index in [1.165, 1.54) is 5.57 Å². The summed E-state index contributed by atoms with van der Waals surface area (Å²) in [7, 11) is 0. The Morgan fingerprint density at radius 3 is 2.36 bits per heavy atom. The van der Waals surface area contributed by atoms with Crippen molar-refractivity contribution in [1.82, 2.24) is 0 Å². The standard InChI is InChI=1S/C12H22O2/c1-8-6-11(12(3,4)5)14-9(2)10(8)7-13/h9,11,13H,6-7H2,1-5H3/t9?,11-/m1/s1. The van der Waals surface area contributed by atoms with Crippen LogP contribution in [0.15, 0.2) is 11.1 Å². The van der Waals surface area contributed by atoms with Gasteiger partial charge in [-0.3, -0.25) is 0 Å². The van der Waals surface area contributed by atoms with Crippen molar-refractivity contribution in [2.75, 3.05) is 6.61 Å². The van der Waals surface area contributed by atoms with Crippen molar-refractivity contribution in [3.63, 3.8) is 0 Å². The molecule has 2 nitrogen and oxygen atoms in total. The van der Waals surface area contributed by atoms with Gasteiger partial charge in [-0.25, -0.2) is 0 Å². The zero-order chi connectivity index (χ0) is 10.9. The Morgan fingerprint density at radius 1 is 1.43 bits per heavy atom. The highest BCUT2D eigenvalue weighted by molar-refractivity contribution is 5.20. The molecule has 1 unspecified atom stereocenters. The van der Waals surface area contributed by atoms with Crippen LogP contribution in [0.2, 0.25) is 0 Å². The molecule has 0 aliphatic carbocycles. The van der Waals surface area contributed by atoms with Crippen LogP contribution < -0.4 is 0 Å². The lowest BCUT2D eigenvalue weighted by Gasteiger charge is -2.38. The van der Waals surface area contributed by atoms with Gasteiger partial charge in [0.05, 0.1) is 18.8 Å². The third-order valence-electron chi connectivity index (χ3n) is 3.04. The second-order valence-electron chi connectivity index (χ2n) is 5.30. The predicted octanol–water partition coefficient (Wildman–Crippen LogP) is 2.52. The summed E-state index contributed by atoms with van der Waals surface area (Å²) >= 11 is 0. The highest BCUT2D eigenvalue weighted by atomic mass is 16.5. The van der Waals surface area contributed by atoms with Gasteiger partial charge in [0.15, 0.2) is 0 Å². The lowest BCUT2D eigenvalue weighted by atomic mass is 9.82. The summed E-state index contributed by atoms with van der Waals surface area (Å²) in [6.07, 6.45) is 1.29. The van der Waals surface area contributed by atoms with E-state index in [4.69, 9.17) is 4.74 Å². The molecule has 1 heterocycles. The minimum Gasteiger partial charge on any atom is -0.392 e. The minimum atomic E-state index is 0.0676. The number of aliphatic hydroxyl groups excluding tert-OH is 1. The van der Waals surface area contributed by atoms with Crippen LogP contribution in [0.25, 0.3) is 0 Å². The molecule has 0 aromatic rings. The highest BCUT2D eigenvalue weighted by Gasteiger charge is 2.32. The van der Waals surface area contributed by atoms with Crippen LogP contribution in [0.4, 0.5) is 0 Å². The monoisotopic (exact) mass is 198 g/mol. The zero-order valence-corrected chi connectivity index (χ0v) is 9.92. The van der Waals surface area contributed by atoms with E-state index in [0.717, 1.165) is 12.0 Å². The van der Waals surface area contributed by atoms with Gasteiger partial charge in [0.25, 0.3) is 0 Å². The van der Waals surface area contributed by atoms with Gasteiger partial charge >= 0.3 is 0 Å². The molecule has 0 aromatic heterocycles. The summed E-state index contributed by atoms with van der Waals surface area (Å²) in [5.41, 5.74) is 2.54. The summed E-state index contributed by atoms with van der Waals surface area (Å²) in [5.74, 6) is 0. The molecule has 0 fully saturated rings. The first-order valence-electron chi connectivity index (χ1n) is 5.31. The molecule has 1 aliphatic rings. The first kappa shape index (κ1) is 11.7. The molecule has 0 radical (unpaired) electrons. The minimum absolute atomic E-state index is 0.0676. The second-order valence-corrected chi connectivity index (χ2v) is 5.30.